The zero-order valence-electron chi connectivity index (χ0n) is 16.5. The largest absolute Gasteiger partial charge is 0.507 e. The molecule has 0 spiro atoms. The monoisotopic (exact) mass is 403 g/mol. The molecule has 0 bridgehead atoms. The zero-order valence-corrected chi connectivity index (χ0v) is 17.3. The molecular weight excluding hydrogens is 382 g/mol. The van der Waals surface area contributed by atoms with E-state index in [1.807, 2.05) is 68.6 Å². The van der Waals surface area contributed by atoms with Crippen LogP contribution in [0.4, 0.5) is 5.69 Å². The van der Waals surface area contributed by atoms with Gasteiger partial charge >= 0.3 is 0 Å². The maximum absolute atomic E-state index is 13.1. The average molecular weight is 404 g/mol. The highest BCUT2D eigenvalue weighted by Crippen LogP contribution is 2.45. The van der Waals surface area contributed by atoms with Crippen LogP contribution >= 0.6 is 11.3 Å². The summed E-state index contributed by atoms with van der Waals surface area (Å²) in [6, 6.07) is 16.1. The van der Waals surface area contributed by atoms with Gasteiger partial charge in [0.05, 0.1) is 5.57 Å². The van der Waals surface area contributed by atoms with Gasteiger partial charge in [-0.3, -0.25) is 14.5 Å². The van der Waals surface area contributed by atoms with Crippen LogP contribution in [0.5, 0.6) is 0 Å². The second-order valence-electron chi connectivity index (χ2n) is 7.29. The van der Waals surface area contributed by atoms with Crippen LogP contribution in [0, 0.1) is 20.8 Å². The molecule has 1 atom stereocenters. The fourth-order valence-electron chi connectivity index (χ4n) is 3.74. The number of carbonyl (C=O) groups is 2. The standard InChI is InChI=1S/C24H21NO3S/c1-14-9-10-15(2)18(13-14)21(26)19-20(23-16(3)11-12-29-23)25(24(28)22(19)27)17-7-5-4-6-8-17/h4-13,20,26H,1-3H3/b21-19+. The minimum atomic E-state index is -0.662. The summed E-state index contributed by atoms with van der Waals surface area (Å²) in [6.45, 7) is 5.77. The molecule has 1 unspecified atom stereocenters. The van der Waals surface area contributed by atoms with Gasteiger partial charge in [-0.1, -0.05) is 35.9 Å². The van der Waals surface area contributed by atoms with Gasteiger partial charge < -0.3 is 5.11 Å². The molecule has 1 aliphatic rings. The maximum Gasteiger partial charge on any atom is 0.300 e. The summed E-state index contributed by atoms with van der Waals surface area (Å²) >= 11 is 1.48. The van der Waals surface area contributed by atoms with Gasteiger partial charge in [0.15, 0.2) is 0 Å². The highest BCUT2D eigenvalue weighted by atomic mass is 32.1. The van der Waals surface area contributed by atoms with Gasteiger partial charge in [0.25, 0.3) is 11.7 Å². The molecule has 4 rings (SSSR count). The van der Waals surface area contributed by atoms with E-state index in [1.165, 1.54) is 16.2 Å². The summed E-state index contributed by atoms with van der Waals surface area (Å²) in [5.74, 6) is -1.41. The van der Waals surface area contributed by atoms with E-state index in [4.69, 9.17) is 0 Å². The van der Waals surface area contributed by atoms with E-state index >= 15 is 0 Å². The molecule has 2 heterocycles. The van der Waals surface area contributed by atoms with E-state index in [0.29, 0.717) is 11.3 Å². The summed E-state index contributed by atoms with van der Waals surface area (Å²) < 4.78 is 0. The number of benzene rings is 2. The lowest BCUT2D eigenvalue weighted by Crippen LogP contribution is -2.29. The van der Waals surface area contributed by atoms with Crippen molar-refractivity contribution in [2.75, 3.05) is 4.90 Å². The number of carbonyl (C=O) groups excluding carboxylic acids is 2. The third-order valence-corrected chi connectivity index (χ3v) is 6.35. The molecule has 2 aromatic carbocycles. The molecular formula is C24H21NO3S. The smallest absolute Gasteiger partial charge is 0.300 e. The molecule has 1 aliphatic heterocycles. The number of rotatable bonds is 3. The Morgan fingerprint density at radius 2 is 1.69 bits per heavy atom. The second-order valence-corrected chi connectivity index (χ2v) is 8.24. The molecule has 1 fully saturated rings. The number of amides is 1. The summed E-state index contributed by atoms with van der Waals surface area (Å²) in [5.41, 5.74) is 4.15. The number of hydrogen-bond acceptors (Lipinski definition) is 4. The third kappa shape index (κ3) is 3.17. The minimum Gasteiger partial charge on any atom is -0.507 e. The van der Waals surface area contributed by atoms with Crippen molar-refractivity contribution in [2.24, 2.45) is 0 Å². The molecule has 4 nitrogen and oxygen atoms in total. The van der Waals surface area contributed by atoms with Crippen molar-refractivity contribution in [3.8, 4) is 0 Å². The number of hydrogen-bond donors (Lipinski definition) is 1. The number of ketones is 1. The van der Waals surface area contributed by atoms with Crippen molar-refractivity contribution in [3.05, 3.63) is 92.7 Å². The lowest BCUT2D eigenvalue weighted by atomic mass is 9.95. The fraction of sp³-hybridized carbons (Fsp3) is 0.167. The maximum atomic E-state index is 13.1. The van der Waals surface area contributed by atoms with Gasteiger partial charge in [0.2, 0.25) is 0 Å². The van der Waals surface area contributed by atoms with Gasteiger partial charge in [-0.05, 0) is 61.5 Å². The molecule has 1 saturated heterocycles. The first-order valence-corrected chi connectivity index (χ1v) is 10.3. The van der Waals surface area contributed by atoms with E-state index in [-0.39, 0.29) is 11.3 Å². The van der Waals surface area contributed by atoms with Crippen molar-refractivity contribution < 1.29 is 14.7 Å². The van der Waals surface area contributed by atoms with E-state index in [2.05, 4.69) is 0 Å². The van der Waals surface area contributed by atoms with E-state index in [0.717, 1.165) is 21.6 Å². The normalized spacial score (nSPS) is 18.4. The van der Waals surface area contributed by atoms with Crippen LogP contribution < -0.4 is 4.90 Å². The number of aliphatic hydroxyl groups excluding tert-OH is 1. The molecule has 146 valence electrons. The van der Waals surface area contributed by atoms with E-state index in [9.17, 15) is 14.7 Å². The predicted octanol–water partition coefficient (Wildman–Crippen LogP) is 5.30. The minimum absolute atomic E-state index is 0.124. The van der Waals surface area contributed by atoms with Crippen molar-refractivity contribution in [2.45, 2.75) is 26.8 Å². The van der Waals surface area contributed by atoms with Crippen LogP contribution in [0.3, 0.4) is 0 Å². The fourth-order valence-corrected chi connectivity index (χ4v) is 4.76. The van der Waals surface area contributed by atoms with Gasteiger partial charge in [0, 0.05) is 16.1 Å². The Balaban J connectivity index is 1.99. The first kappa shape index (κ1) is 19.2. The van der Waals surface area contributed by atoms with Gasteiger partial charge in [-0.2, -0.15) is 0 Å². The molecule has 0 saturated carbocycles. The van der Waals surface area contributed by atoms with Crippen molar-refractivity contribution in [1.82, 2.24) is 0 Å². The number of nitrogens with zero attached hydrogens (tertiary/aromatic N) is 1. The second kappa shape index (κ2) is 7.33. The Bertz CT molecular complexity index is 1140. The van der Waals surface area contributed by atoms with Crippen LogP contribution in [0.25, 0.3) is 5.76 Å². The highest BCUT2D eigenvalue weighted by molar-refractivity contribution is 7.10. The number of anilines is 1. The van der Waals surface area contributed by atoms with Crippen molar-refractivity contribution in [3.63, 3.8) is 0 Å². The Morgan fingerprint density at radius 3 is 2.34 bits per heavy atom. The van der Waals surface area contributed by atoms with Gasteiger partial charge in [-0.15, -0.1) is 11.3 Å². The van der Waals surface area contributed by atoms with Gasteiger partial charge in [0.1, 0.15) is 11.8 Å². The van der Waals surface area contributed by atoms with Crippen LogP contribution in [0.1, 0.15) is 33.2 Å². The Kier molecular flexibility index (Phi) is 4.84. The molecule has 1 aromatic heterocycles. The molecule has 29 heavy (non-hydrogen) atoms. The van der Waals surface area contributed by atoms with Gasteiger partial charge in [-0.25, -0.2) is 0 Å². The predicted molar refractivity (Wildman–Crippen MR) is 116 cm³/mol. The number of thiophene rings is 1. The third-order valence-electron chi connectivity index (χ3n) is 5.28. The topological polar surface area (TPSA) is 57.6 Å². The number of Topliss-reactive ketones (excluding diaryl/α,β-unsaturated/α-hetero) is 1. The summed E-state index contributed by atoms with van der Waals surface area (Å²) in [5, 5.41) is 13.2. The van der Waals surface area contributed by atoms with Crippen LogP contribution in [-0.2, 0) is 9.59 Å². The first-order chi connectivity index (χ1) is 13.9. The Morgan fingerprint density at radius 1 is 0.966 bits per heavy atom. The molecule has 0 aliphatic carbocycles. The number of aryl methyl sites for hydroxylation is 3. The molecule has 1 N–H and O–H groups in total. The summed E-state index contributed by atoms with van der Waals surface area (Å²) in [4.78, 5) is 28.5. The number of aliphatic hydroxyl groups is 1. The van der Waals surface area contributed by atoms with Crippen LogP contribution in [-0.4, -0.2) is 16.8 Å². The van der Waals surface area contributed by atoms with Crippen molar-refractivity contribution in [1.29, 1.82) is 0 Å². The Labute approximate surface area is 173 Å². The molecule has 0 radical (unpaired) electrons. The molecule has 3 aromatic rings. The lowest BCUT2D eigenvalue weighted by molar-refractivity contribution is -0.132. The quantitative estimate of drug-likeness (QED) is 0.367. The highest BCUT2D eigenvalue weighted by Gasteiger charge is 2.47. The Hall–Kier alpha value is -3.18. The summed E-state index contributed by atoms with van der Waals surface area (Å²) in [7, 11) is 0. The van der Waals surface area contributed by atoms with Crippen LogP contribution in [0.15, 0.2) is 65.6 Å². The average Bonchev–Trinajstić information content (AvgIpc) is 3.25. The lowest BCUT2D eigenvalue weighted by Gasteiger charge is -2.25. The van der Waals surface area contributed by atoms with E-state index < -0.39 is 17.7 Å². The number of para-hydroxylation sites is 1. The molecule has 5 heteroatoms. The zero-order chi connectivity index (χ0) is 20.7. The SMILES string of the molecule is Cc1ccc(C)c(/C(O)=C2\C(=O)C(=O)N(c3ccccc3)C2c2sccc2C)c1. The van der Waals surface area contributed by atoms with Crippen molar-refractivity contribution >= 4 is 34.5 Å². The summed E-state index contributed by atoms with van der Waals surface area (Å²) in [6.07, 6.45) is 0. The molecule has 1 amide bonds. The van der Waals surface area contributed by atoms with E-state index in [1.54, 1.807) is 12.1 Å². The first-order valence-electron chi connectivity index (χ1n) is 9.38. The van der Waals surface area contributed by atoms with Crippen LogP contribution in [0.2, 0.25) is 0 Å².